The van der Waals surface area contributed by atoms with E-state index in [0.717, 1.165) is 21.2 Å². The van der Waals surface area contributed by atoms with Crippen LogP contribution in [-0.2, 0) is 27.9 Å². The molecule has 0 aromatic heterocycles. The number of nitrogens with zero attached hydrogens (tertiary/aromatic N) is 1. The third kappa shape index (κ3) is 5.73. The quantitative estimate of drug-likeness (QED) is 0.475. The molecule has 7 nitrogen and oxygen atoms in total. The molecule has 0 radical (unpaired) electrons. The monoisotopic (exact) mass is 530 g/mol. The van der Waals surface area contributed by atoms with E-state index in [1.54, 1.807) is 24.3 Å². The van der Waals surface area contributed by atoms with Crippen LogP contribution in [-0.4, -0.2) is 32.0 Å². The lowest BCUT2D eigenvalue weighted by molar-refractivity contribution is -0.121. The summed E-state index contributed by atoms with van der Waals surface area (Å²) in [4.78, 5) is 12.9. The van der Waals surface area contributed by atoms with Crippen LogP contribution in [0.4, 0.5) is 0 Å². The predicted octanol–water partition coefficient (Wildman–Crippen LogP) is 3.99. The zero-order valence-corrected chi connectivity index (χ0v) is 20.4. The second-order valence-electron chi connectivity index (χ2n) is 7.68. The molecule has 0 fully saturated rings. The molecule has 0 unspecified atom stereocenters. The first-order valence-electron chi connectivity index (χ1n) is 10.3. The number of halogens is 1. The van der Waals surface area contributed by atoms with Gasteiger partial charge >= 0.3 is 0 Å². The summed E-state index contributed by atoms with van der Waals surface area (Å²) in [6.07, 6.45) is 0. The van der Waals surface area contributed by atoms with Crippen LogP contribution >= 0.6 is 15.9 Å². The fraction of sp³-hybridized carbons (Fsp3) is 0.208. The third-order valence-corrected chi connectivity index (χ3v) is 7.51. The van der Waals surface area contributed by atoms with E-state index in [1.807, 2.05) is 37.3 Å². The molecule has 0 spiro atoms. The minimum absolute atomic E-state index is 0.0795. The van der Waals surface area contributed by atoms with Crippen LogP contribution in [0, 0.1) is 6.92 Å². The van der Waals surface area contributed by atoms with Gasteiger partial charge in [0.05, 0.1) is 11.4 Å². The highest BCUT2D eigenvalue weighted by atomic mass is 79.9. The molecule has 0 atom stereocenters. The van der Waals surface area contributed by atoms with Crippen molar-refractivity contribution in [3.05, 3.63) is 87.9 Å². The summed E-state index contributed by atoms with van der Waals surface area (Å²) in [5.74, 6) is 0.885. The van der Waals surface area contributed by atoms with Gasteiger partial charge in [-0.05, 0) is 54.4 Å². The number of hydrogen-bond donors (Lipinski definition) is 1. The van der Waals surface area contributed by atoms with Crippen molar-refractivity contribution in [2.24, 2.45) is 0 Å². The van der Waals surface area contributed by atoms with Crippen molar-refractivity contribution in [1.29, 1.82) is 0 Å². The Morgan fingerprint density at radius 2 is 1.64 bits per heavy atom. The first-order valence-corrected chi connectivity index (χ1v) is 12.5. The molecule has 1 N–H and O–H groups in total. The van der Waals surface area contributed by atoms with Gasteiger partial charge in [-0.2, -0.15) is 4.31 Å². The zero-order valence-electron chi connectivity index (χ0n) is 18.0. The van der Waals surface area contributed by atoms with Crippen molar-refractivity contribution in [2.75, 3.05) is 13.3 Å². The standard InChI is InChI=1S/C24H23BrN2O5S/c1-17-2-4-18(5-3-17)14-27(33(29,30)21-9-7-20(25)8-10-21)15-24(28)26-13-19-6-11-22-23(12-19)32-16-31-22/h2-12H,13-16H2,1H3,(H,26,28). The number of sulfonamides is 1. The van der Waals surface area contributed by atoms with Crippen molar-refractivity contribution in [2.45, 2.75) is 24.9 Å². The highest BCUT2D eigenvalue weighted by Gasteiger charge is 2.27. The van der Waals surface area contributed by atoms with Crippen LogP contribution < -0.4 is 14.8 Å². The highest BCUT2D eigenvalue weighted by Crippen LogP contribution is 2.32. The molecular weight excluding hydrogens is 508 g/mol. The second kappa shape index (κ2) is 9.94. The molecule has 172 valence electrons. The smallest absolute Gasteiger partial charge is 0.243 e. The molecule has 33 heavy (non-hydrogen) atoms. The van der Waals surface area contributed by atoms with Gasteiger partial charge in [0.1, 0.15) is 0 Å². The van der Waals surface area contributed by atoms with Crippen molar-refractivity contribution in [3.63, 3.8) is 0 Å². The van der Waals surface area contributed by atoms with Gasteiger partial charge in [-0.15, -0.1) is 0 Å². The number of ether oxygens (including phenoxy) is 2. The molecule has 1 amide bonds. The molecule has 1 aliphatic rings. The van der Waals surface area contributed by atoms with E-state index in [-0.39, 0.29) is 31.3 Å². The Morgan fingerprint density at radius 1 is 0.970 bits per heavy atom. The highest BCUT2D eigenvalue weighted by molar-refractivity contribution is 9.10. The molecule has 3 aromatic rings. The van der Waals surface area contributed by atoms with E-state index < -0.39 is 15.9 Å². The first kappa shape index (κ1) is 23.3. The lowest BCUT2D eigenvalue weighted by atomic mass is 10.1. The van der Waals surface area contributed by atoms with Crippen molar-refractivity contribution in [3.8, 4) is 11.5 Å². The average molecular weight is 531 g/mol. The van der Waals surface area contributed by atoms with Crippen LogP contribution in [0.15, 0.2) is 76.1 Å². The van der Waals surface area contributed by atoms with E-state index in [0.29, 0.717) is 11.5 Å². The maximum absolute atomic E-state index is 13.4. The zero-order chi connectivity index (χ0) is 23.4. The number of aryl methyl sites for hydroxylation is 1. The molecule has 4 rings (SSSR count). The predicted molar refractivity (Wildman–Crippen MR) is 127 cm³/mol. The van der Waals surface area contributed by atoms with Gasteiger partial charge in [0.25, 0.3) is 0 Å². The number of hydrogen-bond acceptors (Lipinski definition) is 5. The normalized spacial score (nSPS) is 12.7. The number of rotatable bonds is 8. The van der Waals surface area contributed by atoms with E-state index in [9.17, 15) is 13.2 Å². The summed E-state index contributed by atoms with van der Waals surface area (Å²) >= 11 is 3.32. The third-order valence-electron chi connectivity index (χ3n) is 5.18. The lowest BCUT2D eigenvalue weighted by Crippen LogP contribution is -2.40. The molecular formula is C24H23BrN2O5S. The molecule has 0 aliphatic carbocycles. The first-order chi connectivity index (χ1) is 15.8. The summed E-state index contributed by atoms with van der Waals surface area (Å²) in [5, 5.41) is 2.80. The van der Waals surface area contributed by atoms with E-state index in [4.69, 9.17) is 9.47 Å². The Bertz CT molecular complexity index is 1240. The molecule has 0 saturated carbocycles. The Hall–Kier alpha value is -2.88. The minimum atomic E-state index is -3.90. The van der Waals surface area contributed by atoms with Gasteiger partial charge in [-0.1, -0.05) is 51.8 Å². The summed E-state index contributed by atoms with van der Waals surface area (Å²) in [6.45, 7) is 2.15. The number of benzene rings is 3. The topological polar surface area (TPSA) is 84.9 Å². The van der Waals surface area contributed by atoms with Gasteiger partial charge in [-0.3, -0.25) is 4.79 Å². The van der Waals surface area contributed by atoms with Crippen molar-refractivity contribution >= 4 is 31.9 Å². The van der Waals surface area contributed by atoms with Crippen LogP contribution in [0.2, 0.25) is 0 Å². The Balaban J connectivity index is 1.50. The number of fused-ring (bicyclic) bond motifs is 1. The summed E-state index contributed by atoms with van der Waals surface area (Å²) in [5.41, 5.74) is 2.70. The Morgan fingerprint density at radius 3 is 2.36 bits per heavy atom. The van der Waals surface area contributed by atoms with Crippen LogP contribution in [0.3, 0.4) is 0 Å². The van der Waals surface area contributed by atoms with E-state index in [2.05, 4.69) is 21.2 Å². The number of carbonyl (C=O) groups is 1. The van der Waals surface area contributed by atoms with Gasteiger partial charge in [-0.25, -0.2) is 8.42 Å². The van der Waals surface area contributed by atoms with E-state index >= 15 is 0 Å². The summed E-state index contributed by atoms with van der Waals surface area (Å²) in [6, 6.07) is 19.3. The van der Waals surface area contributed by atoms with Gasteiger partial charge < -0.3 is 14.8 Å². The summed E-state index contributed by atoms with van der Waals surface area (Å²) in [7, 11) is -3.90. The van der Waals surface area contributed by atoms with Crippen molar-refractivity contribution < 1.29 is 22.7 Å². The SMILES string of the molecule is Cc1ccc(CN(CC(=O)NCc2ccc3c(c2)OCO3)S(=O)(=O)c2ccc(Br)cc2)cc1. The average Bonchev–Trinajstić information content (AvgIpc) is 3.27. The fourth-order valence-corrected chi connectivity index (χ4v) is 4.99. The van der Waals surface area contributed by atoms with E-state index in [1.165, 1.54) is 16.4 Å². The largest absolute Gasteiger partial charge is 0.454 e. The van der Waals surface area contributed by atoms with Crippen molar-refractivity contribution in [1.82, 2.24) is 9.62 Å². The molecule has 1 aliphatic heterocycles. The maximum Gasteiger partial charge on any atom is 0.243 e. The lowest BCUT2D eigenvalue weighted by Gasteiger charge is -2.22. The second-order valence-corrected chi connectivity index (χ2v) is 10.5. The fourth-order valence-electron chi connectivity index (χ4n) is 3.35. The molecule has 0 saturated heterocycles. The number of amides is 1. The molecule has 9 heteroatoms. The van der Waals surface area contributed by atoms with Crippen LogP contribution in [0.5, 0.6) is 11.5 Å². The van der Waals surface area contributed by atoms with Gasteiger partial charge in [0.2, 0.25) is 22.7 Å². The number of nitrogens with one attached hydrogen (secondary N) is 1. The van der Waals surface area contributed by atoms with Crippen LogP contribution in [0.1, 0.15) is 16.7 Å². The van der Waals surface area contributed by atoms with Crippen LogP contribution in [0.25, 0.3) is 0 Å². The summed E-state index contributed by atoms with van der Waals surface area (Å²) < 4.78 is 39.3. The minimum Gasteiger partial charge on any atom is -0.454 e. The molecule has 0 bridgehead atoms. The van der Waals surface area contributed by atoms with Gasteiger partial charge in [0, 0.05) is 17.6 Å². The molecule has 1 heterocycles. The van der Waals surface area contributed by atoms with Gasteiger partial charge in [0.15, 0.2) is 11.5 Å². The maximum atomic E-state index is 13.4. The number of carbonyl (C=O) groups excluding carboxylic acids is 1. The Labute approximate surface area is 201 Å². The molecule has 3 aromatic carbocycles. The Kier molecular flexibility index (Phi) is 7.02.